The van der Waals surface area contributed by atoms with Crippen LogP contribution >= 0.6 is 11.6 Å². The Morgan fingerprint density at radius 2 is 2.43 bits per heavy atom. The number of ether oxygens (including phenoxy) is 1. The summed E-state index contributed by atoms with van der Waals surface area (Å²) in [7, 11) is 0. The zero-order valence-electron chi connectivity index (χ0n) is 7.74. The highest BCUT2D eigenvalue weighted by molar-refractivity contribution is 6.31. The zero-order chi connectivity index (χ0) is 10.4. The Labute approximate surface area is 88.0 Å². The maximum atomic E-state index is 8.93. The summed E-state index contributed by atoms with van der Waals surface area (Å²) in [5, 5.41) is 9.38. The van der Waals surface area contributed by atoms with Gasteiger partial charge in [0.15, 0.2) is 0 Å². The number of hydrogen-bond acceptors (Lipinski definition) is 3. The van der Waals surface area contributed by atoms with Gasteiger partial charge in [-0.15, -0.1) is 6.58 Å². The van der Waals surface area contributed by atoms with Crippen molar-refractivity contribution in [2.45, 2.75) is 13.0 Å². The van der Waals surface area contributed by atoms with Gasteiger partial charge >= 0.3 is 0 Å². The van der Waals surface area contributed by atoms with E-state index in [1.54, 1.807) is 12.1 Å². The lowest BCUT2D eigenvalue weighted by molar-refractivity contribution is 0.278. The molecule has 0 atom stereocenters. The van der Waals surface area contributed by atoms with Crippen molar-refractivity contribution in [3.05, 3.63) is 35.5 Å². The molecule has 0 unspecified atom stereocenters. The van der Waals surface area contributed by atoms with Crippen LogP contribution in [0.4, 0.5) is 0 Å². The highest BCUT2D eigenvalue weighted by atomic mass is 35.5. The lowest BCUT2D eigenvalue weighted by atomic mass is 10.3. The Kier molecular flexibility index (Phi) is 4.43. The van der Waals surface area contributed by atoms with Crippen molar-refractivity contribution in [3.63, 3.8) is 0 Å². The average Bonchev–Trinajstić information content (AvgIpc) is 2.21. The number of halogens is 1. The molecule has 1 aromatic rings. The van der Waals surface area contributed by atoms with Crippen LogP contribution in [0.3, 0.4) is 0 Å². The van der Waals surface area contributed by atoms with E-state index in [2.05, 4.69) is 11.6 Å². The molecule has 0 aromatic carbocycles. The van der Waals surface area contributed by atoms with Crippen LogP contribution in [0.5, 0.6) is 5.88 Å². The van der Waals surface area contributed by atoms with Crippen LogP contribution in [-0.4, -0.2) is 16.7 Å². The van der Waals surface area contributed by atoms with Crippen molar-refractivity contribution in [2.24, 2.45) is 0 Å². The molecule has 1 aromatic heterocycles. The van der Waals surface area contributed by atoms with Crippen LogP contribution in [-0.2, 0) is 6.61 Å². The second-order valence-corrected chi connectivity index (χ2v) is 3.11. The molecule has 76 valence electrons. The fraction of sp³-hybridized carbons (Fsp3) is 0.300. The summed E-state index contributed by atoms with van der Waals surface area (Å²) in [5.41, 5.74) is 0.621. The summed E-state index contributed by atoms with van der Waals surface area (Å²) >= 11 is 5.76. The first-order chi connectivity index (χ1) is 6.77. The molecule has 0 amide bonds. The van der Waals surface area contributed by atoms with Crippen molar-refractivity contribution in [1.29, 1.82) is 0 Å². The lowest BCUT2D eigenvalue weighted by Crippen LogP contribution is -1.98. The van der Waals surface area contributed by atoms with E-state index in [4.69, 9.17) is 21.4 Å². The minimum absolute atomic E-state index is 0.112. The van der Waals surface area contributed by atoms with Gasteiger partial charge in [-0.3, -0.25) is 0 Å². The molecule has 0 saturated carbocycles. The number of nitrogens with zero attached hydrogens (tertiary/aromatic N) is 1. The molecule has 0 aliphatic rings. The number of aliphatic hydroxyl groups is 1. The maximum Gasteiger partial charge on any atom is 0.213 e. The van der Waals surface area contributed by atoms with Gasteiger partial charge in [0.1, 0.15) is 0 Å². The van der Waals surface area contributed by atoms with Gasteiger partial charge in [0.25, 0.3) is 0 Å². The smallest absolute Gasteiger partial charge is 0.213 e. The molecular formula is C10H12ClNO2. The van der Waals surface area contributed by atoms with E-state index in [9.17, 15) is 0 Å². The van der Waals surface area contributed by atoms with Crippen molar-refractivity contribution in [3.8, 4) is 5.88 Å². The molecule has 0 saturated heterocycles. The van der Waals surface area contributed by atoms with Crippen molar-refractivity contribution in [1.82, 2.24) is 4.98 Å². The fourth-order valence-corrected chi connectivity index (χ4v) is 1.07. The van der Waals surface area contributed by atoms with Gasteiger partial charge in [-0.1, -0.05) is 17.7 Å². The van der Waals surface area contributed by atoms with E-state index in [1.807, 2.05) is 0 Å². The van der Waals surface area contributed by atoms with Gasteiger partial charge in [-0.2, -0.15) is 0 Å². The number of aromatic nitrogens is 1. The average molecular weight is 214 g/mol. The number of pyridine rings is 1. The Balaban J connectivity index is 2.64. The SMILES string of the molecule is C=CCCOc1cc(CO)c(Cl)cn1. The van der Waals surface area contributed by atoms with E-state index in [-0.39, 0.29) is 6.61 Å². The number of hydrogen-bond donors (Lipinski definition) is 1. The molecule has 3 nitrogen and oxygen atoms in total. The molecule has 1 rings (SSSR count). The molecule has 0 aliphatic carbocycles. The van der Waals surface area contributed by atoms with Gasteiger partial charge in [0, 0.05) is 17.8 Å². The van der Waals surface area contributed by atoms with Gasteiger partial charge in [-0.05, 0) is 6.42 Å². The van der Waals surface area contributed by atoms with Crippen LogP contribution in [0.15, 0.2) is 24.9 Å². The maximum absolute atomic E-state index is 8.93. The van der Waals surface area contributed by atoms with E-state index in [0.717, 1.165) is 6.42 Å². The van der Waals surface area contributed by atoms with Crippen LogP contribution in [0, 0.1) is 0 Å². The summed E-state index contributed by atoms with van der Waals surface area (Å²) in [5.74, 6) is 0.473. The molecule has 0 radical (unpaired) electrons. The molecule has 0 spiro atoms. The number of rotatable bonds is 5. The normalized spacial score (nSPS) is 9.86. The van der Waals surface area contributed by atoms with Crippen LogP contribution in [0.25, 0.3) is 0 Å². The summed E-state index contributed by atoms with van der Waals surface area (Å²) in [6, 6.07) is 1.63. The minimum atomic E-state index is -0.112. The molecule has 4 heteroatoms. The summed E-state index contributed by atoms with van der Waals surface area (Å²) in [6.45, 7) is 4.00. The minimum Gasteiger partial charge on any atom is -0.477 e. The quantitative estimate of drug-likeness (QED) is 0.602. The Hall–Kier alpha value is -1.06. The van der Waals surface area contributed by atoms with E-state index < -0.39 is 0 Å². The largest absolute Gasteiger partial charge is 0.477 e. The highest BCUT2D eigenvalue weighted by Gasteiger charge is 2.02. The predicted molar refractivity (Wildman–Crippen MR) is 55.5 cm³/mol. The molecule has 0 aliphatic heterocycles. The Morgan fingerprint density at radius 1 is 1.64 bits per heavy atom. The number of aliphatic hydroxyl groups excluding tert-OH is 1. The Morgan fingerprint density at radius 3 is 3.07 bits per heavy atom. The van der Waals surface area contributed by atoms with E-state index in [0.29, 0.717) is 23.1 Å². The fourth-order valence-electron chi connectivity index (χ4n) is 0.905. The van der Waals surface area contributed by atoms with Crippen LogP contribution in [0.2, 0.25) is 5.02 Å². The first kappa shape index (κ1) is 11.0. The standard InChI is InChI=1S/C10H12ClNO2/c1-2-3-4-14-10-5-8(7-13)9(11)6-12-10/h2,5-6,13H,1,3-4,7H2. The van der Waals surface area contributed by atoms with Crippen molar-refractivity contribution < 1.29 is 9.84 Å². The predicted octanol–water partition coefficient (Wildman–Crippen LogP) is 2.18. The second-order valence-electron chi connectivity index (χ2n) is 2.70. The molecule has 0 bridgehead atoms. The van der Waals surface area contributed by atoms with Crippen molar-refractivity contribution >= 4 is 11.6 Å². The molecule has 1 heterocycles. The van der Waals surface area contributed by atoms with Crippen LogP contribution in [0.1, 0.15) is 12.0 Å². The Bertz CT molecular complexity index is 315. The zero-order valence-corrected chi connectivity index (χ0v) is 8.50. The molecule has 14 heavy (non-hydrogen) atoms. The third kappa shape index (κ3) is 3.01. The molecule has 1 N–H and O–H groups in total. The van der Waals surface area contributed by atoms with Gasteiger partial charge in [0.05, 0.1) is 18.2 Å². The molecule has 0 fully saturated rings. The first-order valence-electron chi connectivity index (χ1n) is 4.27. The lowest BCUT2D eigenvalue weighted by Gasteiger charge is -2.05. The second kappa shape index (κ2) is 5.62. The first-order valence-corrected chi connectivity index (χ1v) is 4.64. The molecular weight excluding hydrogens is 202 g/mol. The van der Waals surface area contributed by atoms with Gasteiger partial charge < -0.3 is 9.84 Å². The third-order valence-corrected chi connectivity index (χ3v) is 1.99. The van der Waals surface area contributed by atoms with Gasteiger partial charge in [-0.25, -0.2) is 4.98 Å². The third-order valence-electron chi connectivity index (χ3n) is 1.65. The highest BCUT2D eigenvalue weighted by Crippen LogP contribution is 2.19. The topological polar surface area (TPSA) is 42.4 Å². The summed E-state index contributed by atoms with van der Waals surface area (Å²) in [4.78, 5) is 3.96. The van der Waals surface area contributed by atoms with Crippen LogP contribution < -0.4 is 4.74 Å². The van der Waals surface area contributed by atoms with E-state index in [1.165, 1.54) is 6.20 Å². The van der Waals surface area contributed by atoms with E-state index >= 15 is 0 Å². The van der Waals surface area contributed by atoms with Gasteiger partial charge in [0.2, 0.25) is 5.88 Å². The summed E-state index contributed by atoms with van der Waals surface area (Å²) < 4.78 is 5.29. The monoisotopic (exact) mass is 213 g/mol. The van der Waals surface area contributed by atoms with Crippen molar-refractivity contribution in [2.75, 3.05) is 6.61 Å². The summed E-state index contributed by atoms with van der Waals surface area (Å²) in [6.07, 6.45) is 4.00.